The number of nitrogens with two attached hydrogens (primary N) is 1. The van der Waals surface area contributed by atoms with Gasteiger partial charge in [0.05, 0.1) is 19.3 Å². The van der Waals surface area contributed by atoms with Gasteiger partial charge in [0.2, 0.25) is 0 Å². The minimum absolute atomic E-state index is 0.0106. The van der Waals surface area contributed by atoms with Crippen LogP contribution in [-0.2, 0) is 6.54 Å². The number of methoxy groups -OCH3 is 1. The lowest BCUT2D eigenvalue weighted by Crippen LogP contribution is -2.34. The number of nitrogen functional groups attached to an aromatic ring is 1. The molecule has 110 valence electrons. The second kappa shape index (κ2) is 6.24. The molecule has 0 aliphatic carbocycles. The van der Waals surface area contributed by atoms with Gasteiger partial charge in [0.15, 0.2) is 0 Å². The summed E-state index contributed by atoms with van der Waals surface area (Å²) in [4.78, 5) is 2.30. The fraction of sp³-hybridized carbons (Fsp3) is 0.533. The van der Waals surface area contributed by atoms with E-state index in [0.29, 0.717) is 17.2 Å². The van der Waals surface area contributed by atoms with Crippen molar-refractivity contribution in [2.75, 3.05) is 20.3 Å². The average molecular weight is 277 g/mol. The molecule has 2 atom stereocenters. The third-order valence-electron chi connectivity index (χ3n) is 4.13. The maximum Gasteiger partial charge on any atom is 0.130 e. The van der Waals surface area contributed by atoms with E-state index in [-0.39, 0.29) is 18.5 Å². The van der Waals surface area contributed by atoms with Gasteiger partial charge in [-0.05, 0) is 36.6 Å². The smallest absolute Gasteiger partial charge is 0.130 e. The van der Waals surface area contributed by atoms with Crippen molar-refractivity contribution < 1.29 is 9.84 Å². The molecule has 20 heavy (non-hydrogen) atoms. The van der Waals surface area contributed by atoms with Crippen molar-refractivity contribution in [3.63, 3.8) is 0 Å². The highest BCUT2D eigenvalue weighted by atomic mass is 16.5. The first-order valence-corrected chi connectivity index (χ1v) is 6.93. The van der Waals surface area contributed by atoms with E-state index in [1.807, 2.05) is 18.2 Å². The van der Waals surface area contributed by atoms with Gasteiger partial charge in [-0.3, -0.25) is 10.3 Å². The highest BCUT2D eigenvalue weighted by molar-refractivity contribution is 5.97. The summed E-state index contributed by atoms with van der Waals surface area (Å²) in [6, 6.07) is 5.95. The van der Waals surface area contributed by atoms with E-state index in [2.05, 4.69) is 11.8 Å². The molecule has 0 saturated carbocycles. The lowest BCUT2D eigenvalue weighted by atomic mass is 10.0. The summed E-state index contributed by atoms with van der Waals surface area (Å²) in [7, 11) is 1.58. The molecule has 5 heteroatoms. The average Bonchev–Trinajstić information content (AvgIpc) is 2.78. The molecule has 0 spiro atoms. The van der Waals surface area contributed by atoms with Gasteiger partial charge in [0.25, 0.3) is 0 Å². The molecule has 2 unspecified atom stereocenters. The summed E-state index contributed by atoms with van der Waals surface area (Å²) < 4.78 is 5.30. The number of ether oxygens (including phenoxy) is 1. The zero-order valence-electron chi connectivity index (χ0n) is 12.1. The fourth-order valence-electron chi connectivity index (χ4n) is 2.87. The van der Waals surface area contributed by atoms with Crippen LogP contribution in [0.25, 0.3) is 0 Å². The Bertz CT molecular complexity index is 490. The summed E-state index contributed by atoms with van der Waals surface area (Å²) in [5.74, 6) is 1.16. The van der Waals surface area contributed by atoms with Gasteiger partial charge in [-0.1, -0.05) is 13.0 Å². The molecule has 1 aliphatic heterocycles. The van der Waals surface area contributed by atoms with E-state index >= 15 is 0 Å². The molecule has 1 aliphatic rings. The molecule has 0 radical (unpaired) electrons. The Kier molecular flexibility index (Phi) is 4.62. The minimum atomic E-state index is 0.0106. The van der Waals surface area contributed by atoms with Gasteiger partial charge in [0, 0.05) is 12.6 Å². The first kappa shape index (κ1) is 14.8. The predicted octanol–water partition coefficient (Wildman–Crippen LogP) is 1.18. The van der Waals surface area contributed by atoms with Crippen molar-refractivity contribution in [1.82, 2.24) is 4.90 Å². The van der Waals surface area contributed by atoms with Crippen LogP contribution in [0.5, 0.6) is 5.75 Å². The zero-order valence-corrected chi connectivity index (χ0v) is 12.1. The number of aliphatic hydroxyl groups excluding tert-OH is 1. The number of nitrogens with one attached hydrogen (secondary N) is 1. The molecule has 4 N–H and O–H groups in total. The van der Waals surface area contributed by atoms with Gasteiger partial charge in [-0.2, -0.15) is 0 Å². The SMILES string of the molecule is COc1cc(CN2CCC(C)C2CO)ccc1C(=N)N. The van der Waals surface area contributed by atoms with Crippen LogP contribution in [0.3, 0.4) is 0 Å². The van der Waals surface area contributed by atoms with Crippen LogP contribution >= 0.6 is 0 Å². The Balaban J connectivity index is 2.16. The van der Waals surface area contributed by atoms with Gasteiger partial charge in [-0.15, -0.1) is 0 Å². The van der Waals surface area contributed by atoms with E-state index in [1.165, 1.54) is 0 Å². The Labute approximate surface area is 119 Å². The van der Waals surface area contributed by atoms with E-state index in [9.17, 15) is 5.11 Å². The first-order valence-electron chi connectivity index (χ1n) is 6.93. The number of likely N-dealkylation sites (tertiary alicyclic amines) is 1. The maximum absolute atomic E-state index is 9.49. The number of aliphatic hydroxyl groups is 1. The highest BCUT2D eigenvalue weighted by Gasteiger charge is 2.30. The molecule has 1 aromatic rings. The normalized spacial score (nSPS) is 22.9. The van der Waals surface area contributed by atoms with Crippen molar-refractivity contribution in [3.05, 3.63) is 29.3 Å². The van der Waals surface area contributed by atoms with Crippen molar-refractivity contribution in [2.24, 2.45) is 11.7 Å². The molecule has 1 saturated heterocycles. The molecule has 0 bridgehead atoms. The molecule has 1 heterocycles. The van der Waals surface area contributed by atoms with Crippen molar-refractivity contribution in [2.45, 2.75) is 25.9 Å². The number of amidine groups is 1. The van der Waals surface area contributed by atoms with Crippen LogP contribution in [0, 0.1) is 11.3 Å². The number of benzene rings is 1. The summed E-state index contributed by atoms with van der Waals surface area (Å²) in [6.07, 6.45) is 1.12. The number of hydrogen-bond acceptors (Lipinski definition) is 4. The molecule has 0 amide bonds. The quantitative estimate of drug-likeness (QED) is 0.557. The van der Waals surface area contributed by atoms with E-state index in [4.69, 9.17) is 15.9 Å². The Morgan fingerprint density at radius 3 is 2.90 bits per heavy atom. The number of rotatable bonds is 5. The molecule has 5 nitrogen and oxygen atoms in total. The van der Waals surface area contributed by atoms with E-state index in [0.717, 1.165) is 25.1 Å². The Hall–Kier alpha value is -1.59. The fourth-order valence-corrected chi connectivity index (χ4v) is 2.87. The second-order valence-corrected chi connectivity index (χ2v) is 5.43. The van der Waals surface area contributed by atoms with Crippen LogP contribution in [0.2, 0.25) is 0 Å². The van der Waals surface area contributed by atoms with Crippen LogP contribution in [0.1, 0.15) is 24.5 Å². The second-order valence-electron chi connectivity index (χ2n) is 5.43. The third-order valence-corrected chi connectivity index (χ3v) is 4.13. The predicted molar refractivity (Wildman–Crippen MR) is 79.1 cm³/mol. The lowest BCUT2D eigenvalue weighted by Gasteiger charge is -2.25. The minimum Gasteiger partial charge on any atom is -0.496 e. The lowest BCUT2D eigenvalue weighted by molar-refractivity contribution is 0.134. The maximum atomic E-state index is 9.49. The summed E-state index contributed by atoms with van der Waals surface area (Å²) in [5, 5.41) is 17.0. The van der Waals surface area contributed by atoms with Crippen LogP contribution in [0.4, 0.5) is 0 Å². The van der Waals surface area contributed by atoms with E-state index in [1.54, 1.807) is 7.11 Å². The summed E-state index contributed by atoms with van der Waals surface area (Å²) >= 11 is 0. The molecule has 1 aromatic carbocycles. The molecule has 2 rings (SSSR count). The molecular weight excluding hydrogens is 254 g/mol. The third kappa shape index (κ3) is 2.94. The monoisotopic (exact) mass is 277 g/mol. The Morgan fingerprint density at radius 2 is 2.30 bits per heavy atom. The van der Waals surface area contributed by atoms with E-state index < -0.39 is 0 Å². The topological polar surface area (TPSA) is 82.6 Å². The first-order chi connectivity index (χ1) is 9.56. The van der Waals surface area contributed by atoms with Crippen molar-refractivity contribution >= 4 is 5.84 Å². The largest absolute Gasteiger partial charge is 0.496 e. The zero-order chi connectivity index (χ0) is 14.7. The van der Waals surface area contributed by atoms with Crippen LogP contribution in [-0.4, -0.2) is 42.1 Å². The van der Waals surface area contributed by atoms with Gasteiger partial charge in [0.1, 0.15) is 11.6 Å². The molecular formula is C15H23N3O2. The molecule has 0 aromatic heterocycles. The highest BCUT2D eigenvalue weighted by Crippen LogP contribution is 2.27. The standard InChI is InChI=1S/C15H23N3O2/c1-10-5-6-18(13(10)9-19)8-11-3-4-12(15(16)17)14(7-11)20-2/h3-4,7,10,13,19H,5-6,8-9H2,1-2H3,(H3,16,17). The van der Waals surface area contributed by atoms with Crippen LogP contribution in [0.15, 0.2) is 18.2 Å². The van der Waals surface area contributed by atoms with Gasteiger partial charge >= 0.3 is 0 Å². The van der Waals surface area contributed by atoms with Gasteiger partial charge < -0.3 is 15.6 Å². The van der Waals surface area contributed by atoms with Crippen molar-refractivity contribution in [3.8, 4) is 5.75 Å². The summed E-state index contributed by atoms with van der Waals surface area (Å²) in [5.41, 5.74) is 7.25. The number of hydrogen-bond donors (Lipinski definition) is 3. The Morgan fingerprint density at radius 1 is 1.55 bits per heavy atom. The van der Waals surface area contributed by atoms with Crippen LogP contribution < -0.4 is 10.5 Å². The van der Waals surface area contributed by atoms with Gasteiger partial charge in [-0.25, -0.2) is 0 Å². The van der Waals surface area contributed by atoms with Crippen molar-refractivity contribution in [1.29, 1.82) is 5.41 Å². The number of nitrogens with zero attached hydrogens (tertiary/aromatic N) is 1. The molecule has 1 fully saturated rings. The summed E-state index contributed by atoms with van der Waals surface area (Å²) in [6.45, 7) is 4.16.